The van der Waals surface area contributed by atoms with Gasteiger partial charge in [-0.1, -0.05) is 44.2 Å². The third-order valence-corrected chi connectivity index (χ3v) is 3.10. The fourth-order valence-corrected chi connectivity index (χ4v) is 1.83. The quantitative estimate of drug-likeness (QED) is 0.593. The Morgan fingerprint density at radius 2 is 1.50 bits per heavy atom. The van der Waals surface area contributed by atoms with Crippen LogP contribution in [0.5, 0.6) is 0 Å². The van der Waals surface area contributed by atoms with Crippen LogP contribution in [0.2, 0.25) is 0 Å². The van der Waals surface area contributed by atoms with Gasteiger partial charge < -0.3 is 20.7 Å². The van der Waals surface area contributed by atoms with Gasteiger partial charge in [-0.05, 0) is 18.4 Å². The Labute approximate surface area is 142 Å². The molecule has 24 heavy (non-hydrogen) atoms. The summed E-state index contributed by atoms with van der Waals surface area (Å²) >= 11 is 0. The van der Waals surface area contributed by atoms with Crippen LogP contribution < -0.4 is 16.0 Å². The van der Waals surface area contributed by atoms with E-state index < -0.39 is 23.9 Å². The molecular formula is C17H25N3O4. The lowest BCUT2D eigenvalue weighted by Gasteiger charge is -2.17. The van der Waals surface area contributed by atoms with Crippen LogP contribution in [-0.2, 0) is 20.9 Å². The second-order valence-electron chi connectivity index (χ2n) is 5.22. The van der Waals surface area contributed by atoms with Crippen LogP contribution in [0.3, 0.4) is 0 Å². The average Bonchev–Trinajstić information content (AvgIpc) is 2.61. The fraction of sp³-hybridized carbons (Fsp3) is 0.471. The summed E-state index contributed by atoms with van der Waals surface area (Å²) in [7, 11) is 0. The maximum absolute atomic E-state index is 12.1. The van der Waals surface area contributed by atoms with Crippen molar-refractivity contribution in [2.45, 2.75) is 39.3 Å². The lowest BCUT2D eigenvalue weighted by molar-refractivity contribution is -0.132. The predicted octanol–water partition coefficient (Wildman–Crippen LogP) is 1.33. The first-order valence-corrected chi connectivity index (χ1v) is 8.11. The second kappa shape index (κ2) is 11.0. The van der Waals surface area contributed by atoms with Gasteiger partial charge in [0.05, 0.1) is 0 Å². The van der Waals surface area contributed by atoms with Crippen molar-refractivity contribution < 1.29 is 19.1 Å². The number of benzene rings is 1. The standard InChI is InChI=1S/C17H25N3O4/c1-3-10-18-15(21)14(16(22)19-11-4-2)20-17(23)24-12-13-8-6-5-7-9-13/h5-9,14H,3-4,10-12H2,1-2H3,(H,18,21)(H,19,22)(H,20,23). The summed E-state index contributed by atoms with van der Waals surface area (Å²) in [5.74, 6) is -1.11. The number of nitrogens with one attached hydrogen (secondary N) is 3. The fourth-order valence-electron chi connectivity index (χ4n) is 1.83. The monoisotopic (exact) mass is 335 g/mol. The molecule has 1 aromatic rings. The molecule has 0 bridgehead atoms. The van der Waals surface area contributed by atoms with E-state index in [0.29, 0.717) is 13.1 Å². The zero-order valence-electron chi connectivity index (χ0n) is 14.1. The average molecular weight is 335 g/mol. The maximum atomic E-state index is 12.1. The number of hydrogen-bond acceptors (Lipinski definition) is 4. The number of rotatable bonds is 9. The molecule has 0 fully saturated rings. The Morgan fingerprint density at radius 1 is 0.958 bits per heavy atom. The van der Waals surface area contributed by atoms with Crippen LogP contribution >= 0.6 is 0 Å². The molecule has 0 spiro atoms. The van der Waals surface area contributed by atoms with E-state index in [9.17, 15) is 14.4 Å². The molecule has 0 aliphatic heterocycles. The topological polar surface area (TPSA) is 96.5 Å². The molecule has 0 radical (unpaired) electrons. The van der Waals surface area contributed by atoms with Gasteiger partial charge in [-0.25, -0.2) is 4.79 Å². The van der Waals surface area contributed by atoms with E-state index in [2.05, 4.69) is 16.0 Å². The minimum Gasteiger partial charge on any atom is -0.445 e. The van der Waals surface area contributed by atoms with Crippen LogP contribution in [0, 0.1) is 0 Å². The van der Waals surface area contributed by atoms with Crippen molar-refractivity contribution >= 4 is 17.9 Å². The van der Waals surface area contributed by atoms with Crippen molar-refractivity contribution in [2.24, 2.45) is 0 Å². The van der Waals surface area contributed by atoms with Gasteiger partial charge in [0.1, 0.15) is 6.61 Å². The Morgan fingerprint density at radius 3 is 2.00 bits per heavy atom. The van der Waals surface area contributed by atoms with Gasteiger partial charge in [0.25, 0.3) is 11.8 Å². The summed E-state index contributed by atoms with van der Waals surface area (Å²) in [6.45, 7) is 4.71. The van der Waals surface area contributed by atoms with E-state index in [-0.39, 0.29) is 6.61 Å². The zero-order valence-corrected chi connectivity index (χ0v) is 14.1. The van der Waals surface area contributed by atoms with Gasteiger partial charge in [-0.2, -0.15) is 0 Å². The van der Waals surface area contributed by atoms with Gasteiger partial charge in [0.2, 0.25) is 0 Å². The maximum Gasteiger partial charge on any atom is 0.408 e. The summed E-state index contributed by atoms with van der Waals surface area (Å²) in [6.07, 6.45) is 0.642. The zero-order chi connectivity index (χ0) is 17.8. The van der Waals surface area contributed by atoms with E-state index in [1.165, 1.54) is 0 Å². The number of hydrogen-bond donors (Lipinski definition) is 3. The summed E-state index contributed by atoms with van der Waals surface area (Å²) < 4.78 is 5.06. The molecule has 0 aliphatic rings. The minimum atomic E-state index is -1.31. The van der Waals surface area contributed by atoms with Crippen molar-refractivity contribution in [3.8, 4) is 0 Å². The van der Waals surface area contributed by atoms with Gasteiger partial charge in [0.15, 0.2) is 6.04 Å². The van der Waals surface area contributed by atoms with Gasteiger partial charge in [-0.3, -0.25) is 9.59 Å². The lowest BCUT2D eigenvalue weighted by Crippen LogP contribution is -2.55. The Kier molecular flexibility index (Phi) is 8.96. The molecule has 0 saturated heterocycles. The van der Waals surface area contributed by atoms with E-state index in [0.717, 1.165) is 18.4 Å². The molecular weight excluding hydrogens is 310 g/mol. The second-order valence-corrected chi connectivity index (χ2v) is 5.22. The van der Waals surface area contributed by atoms with Gasteiger partial charge in [0, 0.05) is 13.1 Å². The van der Waals surface area contributed by atoms with E-state index in [1.807, 2.05) is 44.2 Å². The molecule has 0 atom stereocenters. The molecule has 7 nitrogen and oxygen atoms in total. The summed E-state index contributed by atoms with van der Waals surface area (Å²) in [5.41, 5.74) is 0.815. The number of amides is 3. The predicted molar refractivity (Wildman–Crippen MR) is 90.2 cm³/mol. The normalized spacial score (nSPS) is 10.1. The smallest absolute Gasteiger partial charge is 0.408 e. The summed E-state index contributed by atoms with van der Waals surface area (Å²) in [4.78, 5) is 36.0. The number of carbonyl (C=O) groups excluding carboxylic acids is 3. The first kappa shape index (κ1) is 19.5. The van der Waals surface area contributed by atoms with Crippen LogP contribution in [-0.4, -0.2) is 37.0 Å². The Balaban J connectivity index is 2.59. The highest BCUT2D eigenvalue weighted by molar-refractivity contribution is 6.06. The summed E-state index contributed by atoms with van der Waals surface area (Å²) in [5, 5.41) is 7.52. The molecule has 3 N–H and O–H groups in total. The number of carbonyl (C=O) groups is 3. The largest absolute Gasteiger partial charge is 0.445 e. The molecule has 3 amide bonds. The van der Waals surface area contributed by atoms with E-state index in [4.69, 9.17) is 4.74 Å². The molecule has 132 valence electrons. The van der Waals surface area contributed by atoms with Gasteiger partial charge in [-0.15, -0.1) is 0 Å². The molecule has 1 aromatic carbocycles. The molecule has 0 aliphatic carbocycles. The molecule has 0 unspecified atom stereocenters. The van der Waals surface area contributed by atoms with E-state index >= 15 is 0 Å². The van der Waals surface area contributed by atoms with Crippen LogP contribution in [0.15, 0.2) is 30.3 Å². The third-order valence-electron chi connectivity index (χ3n) is 3.10. The molecule has 0 heterocycles. The molecule has 0 aromatic heterocycles. The van der Waals surface area contributed by atoms with Crippen molar-refractivity contribution in [2.75, 3.05) is 13.1 Å². The van der Waals surface area contributed by atoms with E-state index in [1.54, 1.807) is 0 Å². The highest BCUT2D eigenvalue weighted by atomic mass is 16.5. The number of ether oxygens (including phenoxy) is 1. The number of alkyl carbamates (subject to hydrolysis) is 1. The third kappa shape index (κ3) is 7.13. The van der Waals surface area contributed by atoms with Crippen LogP contribution in [0.25, 0.3) is 0 Å². The molecule has 7 heteroatoms. The Bertz CT molecular complexity index is 514. The van der Waals surface area contributed by atoms with Crippen LogP contribution in [0.1, 0.15) is 32.3 Å². The summed E-state index contributed by atoms with van der Waals surface area (Å²) in [6, 6.07) is 7.83. The van der Waals surface area contributed by atoms with Crippen molar-refractivity contribution in [3.05, 3.63) is 35.9 Å². The van der Waals surface area contributed by atoms with Crippen molar-refractivity contribution in [1.82, 2.24) is 16.0 Å². The SMILES string of the molecule is CCCNC(=O)C(NC(=O)OCc1ccccc1)C(=O)NCCC. The minimum absolute atomic E-state index is 0.0621. The lowest BCUT2D eigenvalue weighted by atomic mass is 10.2. The first-order valence-electron chi connectivity index (χ1n) is 8.11. The first-order chi connectivity index (χ1) is 11.6. The highest BCUT2D eigenvalue weighted by Crippen LogP contribution is 2.01. The highest BCUT2D eigenvalue weighted by Gasteiger charge is 2.28. The molecule has 1 rings (SSSR count). The Hall–Kier alpha value is -2.57. The van der Waals surface area contributed by atoms with Crippen LogP contribution in [0.4, 0.5) is 4.79 Å². The van der Waals surface area contributed by atoms with Gasteiger partial charge >= 0.3 is 6.09 Å². The van der Waals surface area contributed by atoms with Crippen molar-refractivity contribution in [3.63, 3.8) is 0 Å². The molecule has 0 saturated carbocycles. The van der Waals surface area contributed by atoms with Crippen molar-refractivity contribution in [1.29, 1.82) is 0 Å².